The summed E-state index contributed by atoms with van der Waals surface area (Å²) in [4.78, 5) is 16.1. The second-order valence-corrected chi connectivity index (χ2v) is 5.54. The lowest BCUT2D eigenvalue weighted by molar-refractivity contribution is -0.122. The molecule has 3 N–H and O–H groups in total. The Morgan fingerprint density at radius 3 is 2.89 bits per heavy atom. The van der Waals surface area contributed by atoms with Gasteiger partial charge in [0.25, 0.3) is 0 Å². The summed E-state index contributed by atoms with van der Waals surface area (Å²) in [6.07, 6.45) is 0.498. The number of amidine groups is 1. The highest BCUT2D eigenvalue weighted by Gasteiger charge is 2.17. The van der Waals surface area contributed by atoms with Crippen LogP contribution in [0.1, 0.15) is 12.5 Å². The lowest BCUT2D eigenvalue weighted by atomic mass is 10.00. The van der Waals surface area contributed by atoms with E-state index in [9.17, 15) is 15.0 Å². The summed E-state index contributed by atoms with van der Waals surface area (Å²) in [6, 6.07) is 4.59. The van der Waals surface area contributed by atoms with Gasteiger partial charge in [0.1, 0.15) is 0 Å². The molecule has 1 aliphatic heterocycles. The smallest absolute Gasteiger partial charge is 0.229 e. The molecule has 0 bridgehead atoms. The molecule has 102 valence electrons. The zero-order valence-electron chi connectivity index (χ0n) is 10.6. The molecule has 0 aliphatic carbocycles. The fourth-order valence-corrected chi connectivity index (χ4v) is 2.51. The number of benzene rings is 1. The van der Waals surface area contributed by atoms with Gasteiger partial charge in [-0.1, -0.05) is 24.8 Å². The zero-order chi connectivity index (χ0) is 13.8. The van der Waals surface area contributed by atoms with E-state index < -0.39 is 0 Å². The summed E-state index contributed by atoms with van der Waals surface area (Å²) in [5.41, 5.74) is 0.805. The van der Waals surface area contributed by atoms with Crippen LogP contribution < -0.4 is 5.32 Å². The van der Waals surface area contributed by atoms with Crippen molar-refractivity contribution in [2.75, 3.05) is 12.3 Å². The molecule has 0 fully saturated rings. The number of phenolic OH excluding ortho intramolecular Hbond substituents is 2. The first-order valence-corrected chi connectivity index (χ1v) is 7.04. The van der Waals surface area contributed by atoms with E-state index in [0.717, 1.165) is 17.9 Å². The van der Waals surface area contributed by atoms with Gasteiger partial charge in [0, 0.05) is 11.7 Å². The van der Waals surface area contributed by atoms with E-state index in [4.69, 9.17) is 0 Å². The Labute approximate surface area is 115 Å². The number of carbonyl (C=O) groups excluding carboxylic acids is 1. The number of carbonyl (C=O) groups is 1. The van der Waals surface area contributed by atoms with Crippen molar-refractivity contribution in [3.63, 3.8) is 0 Å². The number of nitrogens with zero attached hydrogens (tertiary/aromatic N) is 1. The number of thioether (sulfide) groups is 1. The maximum absolute atomic E-state index is 11.9. The van der Waals surface area contributed by atoms with Crippen molar-refractivity contribution in [3.05, 3.63) is 23.8 Å². The van der Waals surface area contributed by atoms with E-state index in [-0.39, 0.29) is 23.3 Å². The number of aromatic hydroxyl groups is 2. The van der Waals surface area contributed by atoms with Crippen LogP contribution in [0.2, 0.25) is 0 Å². The Hall–Kier alpha value is -1.69. The molecule has 0 saturated heterocycles. The summed E-state index contributed by atoms with van der Waals surface area (Å²) in [5, 5.41) is 22.1. The summed E-state index contributed by atoms with van der Waals surface area (Å²) in [5.74, 6) is 0.280. The second-order valence-electron chi connectivity index (χ2n) is 4.45. The molecule has 1 unspecified atom stereocenters. The van der Waals surface area contributed by atoms with E-state index in [2.05, 4.69) is 10.3 Å². The maximum Gasteiger partial charge on any atom is 0.229 e. The van der Waals surface area contributed by atoms with Crippen molar-refractivity contribution in [2.24, 2.45) is 10.9 Å². The van der Waals surface area contributed by atoms with Crippen molar-refractivity contribution in [1.82, 2.24) is 5.32 Å². The zero-order valence-corrected chi connectivity index (χ0v) is 11.4. The van der Waals surface area contributed by atoms with Crippen LogP contribution in [0, 0.1) is 5.92 Å². The standard InChI is InChI=1S/C13H16N2O3S/c1-8(12(18)15-13-14-4-5-19-13)6-9-2-3-10(16)11(17)7-9/h2-3,7-8,16-17H,4-6H2,1H3,(H,14,15,18). The van der Waals surface area contributed by atoms with Gasteiger partial charge >= 0.3 is 0 Å². The van der Waals surface area contributed by atoms with Crippen LogP contribution in [0.4, 0.5) is 0 Å². The summed E-state index contributed by atoms with van der Waals surface area (Å²) in [6.45, 7) is 2.57. The molecular formula is C13H16N2O3S. The Morgan fingerprint density at radius 1 is 1.47 bits per heavy atom. The number of aliphatic imine (C=N–C) groups is 1. The summed E-state index contributed by atoms with van der Waals surface area (Å²) >= 11 is 1.54. The topological polar surface area (TPSA) is 81.9 Å². The minimum atomic E-state index is -0.229. The maximum atomic E-state index is 11.9. The van der Waals surface area contributed by atoms with Crippen LogP contribution in [0.15, 0.2) is 23.2 Å². The number of phenols is 2. The lowest BCUT2D eigenvalue weighted by Crippen LogP contribution is -2.33. The Kier molecular flexibility index (Phi) is 4.31. The molecule has 0 radical (unpaired) electrons. The number of nitrogens with one attached hydrogen (secondary N) is 1. The van der Waals surface area contributed by atoms with Gasteiger partial charge in [0.05, 0.1) is 6.54 Å². The van der Waals surface area contributed by atoms with Gasteiger partial charge in [-0.05, 0) is 24.1 Å². The molecule has 0 spiro atoms. The molecule has 1 amide bonds. The molecule has 0 saturated carbocycles. The minimum Gasteiger partial charge on any atom is -0.504 e. The molecule has 2 rings (SSSR count). The Balaban J connectivity index is 1.93. The monoisotopic (exact) mass is 280 g/mol. The highest BCUT2D eigenvalue weighted by molar-refractivity contribution is 8.14. The highest BCUT2D eigenvalue weighted by Crippen LogP contribution is 2.26. The minimum absolute atomic E-state index is 0.0827. The molecule has 6 heteroatoms. The predicted octanol–water partition coefficient (Wildman–Crippen LogP) is 1.50. The first-order valence-electron chi connectivity index (χ1n) is 6.05. The molecule has 1 aliphatic rings. The first-order chi connectivity index (χ1) is 9.06. The molecule has 1 heterocycles. The average Bonchev–Trinajstić information content (AvgIpc) is 2.86. The van der Waals surface area contributed by atoms with Crippen LogP contribution in [0.5, 0.6) is 11.5 Å². The van der Waals surface area contributed by atoms with Crippen LogP contribution in [0.3, 0.4) is 0 Å². The van der Waals surface area contributed by atoms with E-state index in [1.165, 1.54) is 12.1 Å². The number of amides is 1. The van der Waals surface area contributed by atoms with Crippen molar-refractivity contribution in [2.45, 2.75) is 13.3 Å². The summed E-state index contributed by atoms with van der Waals surface area (Å²) < 4.78 is 0. The normalized spacial score (nSPS) is 15.9. The third-order valence-corrected chi connectivity index (χ3v) is 3.74. The van der Waals surface area contributed by atoms with Gasteiger partial charge in [-0.25, -0.2) is 0 Å². The van der Waals surface area contributed by atoms with Crippen LogP contribution >= 0.6 is 11.8 Å². The number of hydrogen-bond acceptors (Lipinski definition) is 5. The van der Waals surface area contributed by atoms with Gasteiger partial charge in [-0.3, -0.25) is 9.79 Å². The molecule has 1 aromatic rings. The lowest BCUT2D eigenvalue weighted by Gasteiger charge is -2.12. The number of hydrogen-bond donors (Lipinski definition) is 3. The van der Waals surface area contributed by atoms with Gasteiger partial charge < -0.3 is 15.5 Å². The van der Waals surface area contributed by atoms with E-state index in [1.807, 2.05) is 6.92 Å². The average molecular weight is 280 g/mol. The summed E-state index contributed by atoms with van der Waals surface area (Å²) in [7, 11) is 0. The SMILES string of the molecule is CC(Cc1ccc(O)c(O)c1)C(=O)NC1=NCCS1. The largest absolute Gasteiger partial charge is 0.504 e. The predicted molar refractivity (Wildman–Crippen MR) is 75.5 cm³/mol. The third-order valence-electron chi connectivity index (χ3n) is 2.84. The van der Waals surface area contributed by atoms with Crippen LogP contribution in [-0.4, -0.2) is 33.6 Å². The van der Waals surface area contributed by atoms with E-state index in [0.29, 0.717) is 11.6 Å². The Bertz CT molecular complexity index is 517. The quantitative estimate of drug-likeness (QED) is 0.733. The fraction of sp³-hybridized carbons (Fsp3) is 0.385. The van der Waals surface area contributed by atoms with Crippen molar-refractivity contribution < 1.29 is 15.0 Å². The highest BCUT2D eigenvalue weighted by atomic mass is 32.2. The van der Waals surface area contributed by atoms with Crippen molar-refractivity contribution >= 4 is 22.8 Å². The molecule has 19 heavy (non-hydrogen) atoms. The van der Waals surface area contributed by atoms with Gasteiger partial charge in [0.15, 0.2) is 16.7 Å². The van der Waals surface area contributed by atoms with Crippen molar-refractivity contribution in [3.8, 4) is 11.5 Å². The fourth-order valence-electron chi connectivity index (χ4n) is 1.78. The van der Waals surface area contributed by atoms with Gasteiger partial charge in [0.2, 0.25) is 5.91 Å². The van der Waals surface area contributed by atoms with Crippen LogP contribution in [0.25, 0.3) is 0 Å². The van der Waals surface area contributed by atoms with Crippen molar-refractivity contribution in [1.29, 1.82) is 0 Å². The Morgan fingerprint density at radius 2 is 2.26 bits per heavy atom. The van der Waals surface area contributed by atoms with Gasteiger partial charge in [-0.2, -0.15) is 0 Å². The van der Waals surface area contributed by atoms with E-state index in [1.54, 1.807) is 17.8 Å². The van der Waals surface area contributed by atoms with E-state index >= 15 is 0 Å². The molecule has 0 aromatic heterocycles. The van der Waals surface area contributed by atoms with Crippen LogP contribution in [-0.2, 0) is 11.2 Å². The van der Waals surface area contributed by atoms with Gasteiger partial charge in [-0.15, -0.1) is 0 Å². The first kappa shape index (κ1) is 13.7. The molecule has 5 nitrogen and oxygen atoms in total. The number of rotatable bonds is 3. The molecule has 1 aromatic carbocycles. The molecular weight excluding hydrogens is 264 g/mol. The second kappa shape index (κ2) is 5.97. The third kappa shape index (κ3) is 3.64. The molecule has 1 atom stereocenters.